The number of nitrogens with one attached hydrogen (secondary N) is 1. The van der Waals surface area contributed by atoms with E-state index in [9.17, 15) is 5.11 Å². The van der Waals surface area contributed by atoms with Crippen LogP contribution in [-0.2, 0) is 6.54 Å². The molecule has 0 bridgehead atoms. The molecule has 0 aliphatic heterocycles. The van der Waals surface area contributed by atoms with E-state index in [0.29, 0.717) is 6.54 Å². The van der Waals surface area contributed by atoms with Crippen LogP contribution in [0.3, 0.4) is 0 Å². The third-order valence-electron chi connectivity index (χ3n) is 2.08. The molecule has 2 aromatic rings. The fraction of sp³-hybridized carbons (Fsp3) is 0.0909. The summed E-state index contributed by atoms with van der Waals surface area (Å²) in [5.41, 5.74) is 7.46. The van der Waals surface area contributed by atoms with Crippen molar-refractivity contribution in [1.29, 1.82) is 0 Å². The number of phenolic OH excluding ortho intramolecular Hbond substituents is 1. The molecule has 1 aromatic heterocycles. The average molecular weight is 220 g/mol. The number of anilines is 2. The summed E-state index contributed by atoms with van der Waals surface area (Å²) in [6.45, 7) is 0.687. The zero-order chi connectivity index (χ0) is 10.7. The summed E-state index contributed by atoms with van der Waals surface area (Å²) in [6.07, 6.45) is 0. The van der Waals surface area contributed by atoms with Crippen LogP contribution >= 0.6 is 11.3 Å². The minimum absolute atomic E-state index is 0.263. The van der Waals surface area contributed by atoms with Gasteiger partial charge in [-0.15, -0.1) is 11.3 Å². The Balaban J connectivity index is 2.02. The molecule has 78 valence electrons. The smallest absolute Gasteiger partial charge is 0.117 e. The Morgan fingerprint density at radius 2 is 2.20 bits per heavy atom. The third kappa shape index (κ3) is 2.41. The Kier molecular flexibility index (Phi) is 2.78. The fourth-order valence-corrected chi connectivity index (χ4v) is 2.03. The molecule has 0 radical (unpaired) electrons. The van der Waals surface area contributed by atoms with Crippen LogP contribution in [0, 0.1) is 0 Å². The highest BCUT2D eigenvalue weighted by atomic mass is 32.1. The first-order chi connectivity index (χ1) is 7.25. The van der Waals surface area contributed by atoms with Crippen LogP contribution in [0.1, 0.15) is 4.88 Å². The van der Waals surface area contributed by atoms with E-state index in [-0.39, 0.29) is 5.75 Å². The van der Waals surface area contributed by atoms with Gasteiger partial charge in [-0.3, -0.25) is 0 Å². The van der Waals surface area contributed by atoms with Crippen molar-refractivity contribution in [3.8, 4) is 5.75 Å². The third-order valence-corrected chi connectivity index (χ3v) is 3.02. The van der Waals surface area contributed by atoms with E-state index >= 15 is 0 Å². The van der Waals surface area contributed by atoms with Gasteiger partial charge >= 0.3 is 0 Å². The van der Waals surface area contributed by atoms with Crippen molar-refractivity contribution in [2.45, 2.75) is 6.54 Å². The first kappa shape index (κ1) is 9.86. The van der Waals surface area contributed by atoms with Gasteiger partial charge in [0.25, 0.3) is 0 Å². The summed E-state index contributed by atoms with van der Waals surface area (Å²) in [4.78, 5) is 1.11. The Hall–Kier alpha value is -1.68. The molecule has 0 aliphatic carbocycles. The SMILES string of the molecule is Nc1ccsc1CNc1cccc(O)c1. The maximum absolute atomic E-state index is 9.26. The number of nitrogen functional groups attached to an aromatic ring is 1. The van der Waals surface area contributed by atoms with Crippen LogP contribution in [0.4, 0.5) is 11.4 Å². The molecular weight excluding hydrogens is 208 g/mol. The lowest BCUT2D eigenvalue weighted by molar-refractivity contribution is 0.475. The molecule has 0 saturated carbocycles. The van der Waals surface area contributed by atoms with Crippen LogP contribution in [0.2, 0.25) is 0 Å². The van der Waals surface area contributed by atoms with Crippen molar-refractivity contribution >= 4 is 22.7 Å². The van der Waals surface area contributed by atoms with Gasteiger partial charge in [-0.2, -0.15) is 0 Å². The lowest BCUT2D eigenvalue weighted by Crippen LogP contribution is -1.99. The van der Waals surface area contributed by atoms with Gasteiger partial charge in [0.1, 0.15) is 5.75 Å². The monoisotopic (exact) mass is 220 g/mol. The molecule has 15 heavy (non-hydrogen) atoms. The van der Waals surface area contributed by atoms with Gasteiger partial charge in [-0.1, -0.05) is 6.07 Å². The number of benzene rings is 1. The second-order valence-electron chi connectivity index (χ2n) is 3.20. The zero-order valence-corrected chi connectivity index (χ0v) is 8.92. The largest absolute Gasteiger partial charge is 0.508 e. The van der Waals surface area contributed by atoms with E-state index < -0.39 is 0 Å². The average Bonchev–Trinajstić information content (AvgIpc) is 2.61. The maximum atomic E-state index is 9.26. The summed E-state index contributed by atoms with van der Waals surface area (Å²) in [5.74, 6) is 0.263. The van der Waals surface area contributed by atoms with Crippen LogP contribution < -0.4 is 11.1 Å². The second-order valence-corrected chi connectivity index (χ2v) is 4.20. The van der Waals surface area contributed by atoms with E-state index in [0.717, 1.165) is 16.3 Å². The van der Waals surface area contributed by atoms with Gasteiger partial charge < -0.3 is 16.2 Å². The van der Waals surface area contributed by atoms with Gasteiger partial charge in [-0.05, 0) is 23.6 Å². The fourth-order valence-electron chi connectivity index (χ4n) is 1.29. The molecule has 0 spiro atoms. The Morgan fingerprint density at radius 1 is 1.33 bits per heavy atom. The van der Waals surface area contributed by atoms with E-state index in [1.807, 2.05) is 17.5 Å². The molecule has 0 unspecified atom stereocenters. The summed E-state index contributed by atoms with van der Waals surface area (Å²) in [7, 11) is 0. The molecule has 1 heterocycles. The first-order valence-electron chi connectivity index (χ1n) is 4.60. The predicted octanol–water partition coefficient (Wildman–Crippen LogP) is 2.65. The molecular formula is C11H12N2OS. The minimum atomic E-state index is 0.263. The topological polar surface area (TPSA) is 58.3 Å². The summed E-state index contributed by atoms with van der Waals surface area (Å²) in [6, 6.07) is 8.93. The molecule has 1 aromatic carbocycles. The first-order valence-corrected chi connectivity index (χ1v) is 5.48. The lowest BCUT2D eigenvalue weighted by Gasteiger charge is -2.05. The summed E-state index contributed by atoms with van der Waals surface area (Å²) >= 11 is 1.62. The summed E-state index contributed by atoms with van der Waals surface area (Å²) in [5, 5.41) is 14.4. The van der Waals surface area contributed by atoms with Crippen molar-refractivity contribution < 1.29 is 5.11 Å². The van der Waals surface area contributed by atoms with Crippen LogP contribution in [0.15, 0.2) is 35.7 Å². The molecule has 0 fully saturated rings. The van der Waals surface area contributed by atoms with E-state index in [1.165, 1.54) is 0 Å². The molecule has 0 saturated heterocycles. The standard InChI is InChI=1S/C11H12N2OS/c12-10-4-5-15-11(10)7-13-8-2-1-3-9(14)6-8/h1-6,13-14H,7,12H2. The Bertz CT molecular complexity index is 453. The van der Waals surface area contributed by atoms with Gasteiger partial charge in [0, 0.05) is 22.3 Å². The number of thiophene rings is 1. The Morgan fingerprint density at radius 3 is 2.87 bits per heavy atom. The molecule has 2 rings (SSSR count). The van der Waals surface area contributed by atoms with Gasteiger partial charge in [0.15, 0.2) is 0 Å². The molecule has 3 nitrogen and oxygen atoms in total. The highest BCUT2D eigenvalue weighted by Gasteiger charge is 2.00. The normalized spacial score (nSPS) is 10.1. The number of phenols is 1. The number of hydrogen-bond acceptors (Lipinski definition) is 4. The van der Waals surface area contributed by atoms with Crippen LogP contribution in [0.5, 0.6) is 5.75 Å². The molecule has 4 heteroatoms. The maximum Gasteiger partial charge on any atom is 0.117 e. The number of rotatable bonds is 3. The van der Waals surface area contributed by atoms with Crippen molar-refractivity contribution in [2.75, 3.05) is 11.1 Å². The number of aromatic hydroxyl groups is 1. The second kappa shape index (κ2) is 4.23. The molecule has 0 aliphatic rings. The molecule has 4 N–H and O–H groups in total. The van der Waals surface area contributed by atoms with E-state index in [4.69, 9.17) is 5.73 Å². The van der Waals surface area contributed by atoms with E-state index in [2.05, 4.69) is 5.32 Å². The van der Waals surface area contributed by atoms with Crippen LogP contribution in [0.25, 0.3) is 0 Å². The zero-order valence-electron chi connectivity index (χ0n) is 8.10. The van der Waals surface area contributed by atoms with E-state index in [1.54, 1.807) is 29.5 Å². The minimum Gasteiger partial charge on any atom is -0.508 e. The quantitative estimate of drug-likeness (QED) is 0.745. The Labute approximate surface area is 92.2 Å². The summed E-state index contributed by atoms with van der Waals surface area (Å²) < 4.78 is 0. The van der Waals surface area contributed by atoms with Gasteiger partial charge in [0.05, 0.1) is 6.54 Å². The highest BCUT2D eigenvalue weighted by molar-refractivity contribution is 7.10. The lowest BCUT2D eigenvalue weighted by atomic mass is 10.3. The van der Waals surface area contributed by atoms with Crippen molar-refractivity contribution in [3.05, 3.63) is 40.6 Å². The van der Waals surface area contributed by atoms with Crippen molar-refractivity contribution in [1.82, 2.24) is 0 Å². The van der Waals surface area contributed by atoms with Gasteiger partial charge in [0.2, 0.25) is 0 Å². The highest BCUT2D eigenvalue weighted by Crippen LogP contribution is 2.21. The number of nitrogens with two attached hydrogens (primary N) is 1. The van der Waals surface area contributed by atoms with Crippen molar-refractivity contribution in [2.24, 2.45) is 0 Å². The molecule has 0 atom stereocenters. The predicted molar refractivity (Wildman–Crippen MR) is 64.2 cm³/mol. The molecule has 0 amide bonds. The van der Waals surface area contributed by atoms with Crippen LogP contribution in [-0.4, -0.2) is 5.11 Å². The number of hydrogen-bond donors (Lipinski definition) is 3. The van der Waals surface area contributed by atoms with Crippen molar-refractivity contribution in [3.63, 3.8) is 0 Å². The van der Waals surface area contributed by atoms with Gasteiger partial charge in [-0.25, -0.2) is 0 Å².